The van der Waals surface area contributed by atoms with Gasteiger partial charge in [-0.05, 0) is 35.6 Å². The summed E-state index contributed by atoms with van der Waals surface area (Å²) in [6, 6.07) is 15.4. The third-order valence-corrected chi connectivity index (χ3v) is 5.90. The van der Waals surface area contributed by atoms with Crippen LogP contribution in [0, 0.1) is 5.92 Å². The molecule has 1 heterocycles. The molecule has 7 heteroatoms. The lowest BCUT2D eigenvalue weighted by Crippen LogP contribution is -2.46. The SMILES string of the molecule is C[C@H](NC(=O)OCC1c2ccccc2-c2ccccc21)C(=O)N1CCC(C(=O)O)C1. The Morgan fingerprint density at radius 2 is 1.70 bits per heavy atom. The smallest absolute Gasteiger partial charge is 0.407 e. The van der Waals surface area contributed by atoms with Gasteiger partial charge < -0.3 is 20.1 Å². The number of amides is 2. The molecule has 1 aliphatic carbocycles. The van der Waals surface area contributed by atoms with E-state index < -0.39 is 24.0 Å². The number of fused-ring (bicyclic) bond motifs is 3. The number of nitrogens with zero attached hydrogens (tertiary/aromatic N) is 1. The van der Waals surface area contributed by atoms with Gasteiger partial charge in [0.2, 0.25) is 5.91 Å². The topological polar surface area (TPSA) is 95.9 Å². The minimum absolute atomic E-state index is 0.0518. The average molecular weight is 408 g/mol. The number of alkyl carbamates (subject to hydrolysis) is 1. The molecule has 7 nitrogen and oxygen atoms in total. The van der Waals surface area contributed by atoms with Crippen LogP contribution in [0.4, 0.5) is 4.79 Å². The standard InChI is InChI=1S/C23H24N2O5/c1-14(21(26)25-11-10-15(12-25)22(27)28)24-23(29)30-13-20-18-8-4-2-6-16(18)17-7-3-5-9-19(17)20/h2-9,14-15,20H,10-13H2,1H3,(H,24,29)(H,27,28)/t14-,15?/m0/s1. The Kier molecular flexibility index (Phi) is 5.44. The van der Waals surface area contributed by atoms with Crippen molar-refractivity contribution in [3.63, 3.8) is 0 Å². The predicted octanol–water partition coefficient (Wildman–Crippen LogP) is 2.85. The van der Waals surface area contributed by atoms with Gasteiger partial charge in [0.25, 0.3) is 0 Å². The summed E-state index contributed by atoms with van der Waals surface area (Å²) in [5.41, 5.74) is 4.53. The quantitative estimate of drug-likeness (QED) is 0.793. The van der Waals surface area contributed by atoms with E-state index in [4.69, 9.17) is 9.84 Å². The van der Waals surface area contributed by atoms with E-state index in [1.807, 2.05) is 36.4 Å². The van der Waals surface area contributed by atoms with Gasteiger partial charge >= 0.3 is 12.1 Å². The van der Waals surface area contributed by atoms with E-state index in [1.54, 1.807) is 6.92 Å². The summed E-state index contributed by atoms with van der Waals surface area (Å²) in [6.07, 6.45) is -0.231. The number of carbonyl (C=O) groups is 3. The lowest BCUT2D eigenvalue weighted by Gasteiger charge is -2.22. The maximum absolute atomic E-state index is 12.5. The average Bonchev–Trinajstić information content (AvgIpc) is 3.35. The van der Waals surface area contributed by atoms with E-state index >= 15 is 0 Å². The van der Waals surface area contributed by atoms with Gasteiger partial charge in [0.05, 0.1) is 5.92 Å². The van der Waals surface area contributed by atoms with Crippen LogP contribution in [0.3, 0.4) is 0 Å². The maximum Gasteiger partial charge on any atom is 0.407 e. The van der Waals surface area contributed by atoms with Crippen molar-refractivity contribution in [2.24, 2.45) is 5.92 Å². The summed E-state index contributed by atoms with van der Waals surface area (Å²) >= 11 is 0. The minimum Gasteiger partial charge on any atom is -0.481 e. The van der Waals surface area contributed by atoms with Crippen LogP contribution >= 0.6 is 0 Å². The molecule has 0 aromatic heterocycles. The van der Waals surface area contributed by atoms with Crippen LogP contribution < -0.4 is 5.32 Å². The number of carboxylic acids is 1. The molecule has 0 bridgehead atoms. The first-order chi connectivity index (χ1) is 14.5. The fraction of sp³-hybridized carbons (Fsp3) is 0.348. The van der Waals surface area contributed by atoms with Gasteiger partial charge in [0, 0.05) is 19.0 Å². The first-order valence-electron chi connectivity index (χ1n) is 10.1. The van der Waals surface area contributed by atoms with E-state index in [-0.39, 0.29) is 25.0 Å². The molecule has 2 N–H and O–H groups in total. The Morgan fingerprint density at radius 3 is 2.27 bits per heavy atom. The second-order valence-electron chi connectivity index (χ2n) is 7.80. The molecule has 2 atom stereocenters. The van der Waals surface area contributed by atoms with Crippen molar-refractivity contribution in [2.45, 2.75) is 25.3 Å². The maximum atomic E-state index is 12.5. The lowest BCUT2D eigenvalue weighted by atomic mass is 9.98. The van der Waals surface area contributed by atoms with Crippen LogP contribution in [0.2, 0.25) is 0 Å². The number of carboxylic acid groups (broad SMARTS) is 1. The van der Waals surface area contributed by atoms with Gasteiger partial charge in [-0.25, -0.2) is 4.79 Å². The Bertz CT molecular complexity index is 944. The zero-order chi connectivity index (χ0) is 21.3. The number of nitrogens with one attached hydrogen (secondary N) is 1. The van der Waals surface area contributed by atoms with Crippen molar-refractivity contribution >= 4 is 18.0 Å². The molecule has 4 rings (SSSR count). The Morgan fingerprint density at radius 1 is 1.10 bits per heavy atom. The molecule has 1 unspecified atom stereocenters. The number of hydrogen-bond acceptors (Lipinski definition) is 4. The zero-order valence-corrected chi connectivity index (χ0v) is 16.7. The van der Waals surface area contributed by atoms with Gasteiger partial charge in [0.15, 0.2) is 0 Å². The van der Waals surface area contributed by atoms with Crippen LogP contribution in [-0.2, 0) is 14.3 Å². The molecule has 2 aromatic rings. The number of benzene rings is 2. The molecule has 0 spiro atoms. The van der Waals surface area contributed by atoms with Crippen molar-refractivity contribution in [3.8, 4) is 11.1 Å². The highest BCUT2D eigenvalue weighted by Crippen LogP contribution is 2.44. The molecule has 1 aliphatic heterocycles. The number of hydrogen-bond donors (Lipinski definition) is 2. The number of rotatable bonds is 5. The zero-order valence-electron chi connectivity index (χ0n) is 16.7. The molecule has 2 aliphatic rings. The molecule has 0 saturated carbocycles. The second-order valence-corrected chi connectivity index (χ2v) is 7.80. The highest BCUT2D eigenvalue weighted by atomic mass is 16.5. The number of ether oxygens (including phenoxy) is 1. The fourth-order valence-corrected chi connectivity index (χ4v) is 4.31. The van der Waals surface area contributed by atoms with E-state index in [0.29, 0.717) is 13.0 Å². The normalized spacial score (nSPS) is 18.4. The van der Waals surface area contributed by atoms with Gasteiger partial charge in [-0.2, -0.15) is 0 Å². The van der Waals surface area contributed by atoms with Crippen molar-refractivity contribution in [1.82, 2.24) is 10.2 Å². The Balaban J connectivity index is 1.35. The van der Waals surface area contributed by atoms with Crippen molar-refractivity contribution in [2.75, 3.05) is 19.7 Å². The fourth-order valence-electron chi connectivity index (χ4n) is 4.31. The molecular formula is C23H24N2O5. The first-order valence-corrected chi connectivity index (χ1v) is 10.1. The molecule has 156 valence electrons. The van der Waals surface area contributed by atoms with Crippen LogP contribution in [0.25, 0.3) is 11.1 Å². The second kappa shape index (κ2) is 8.18. The third-order valence-electron chi connectivity index (χ3n) is 5.90. The van der Waals surface area contributed by atoms with E-state index in [9.17, 15) is 14.4 Å². The van der Waals surface area contributed by atoms with Crippen molar-refractivity contribution in [1.29, 1.82) is 0 Å². The largest absolute Gasteiger partial charge is 0.481 e. The highest BCUT2D eigenvalue weighted by molar-refractivity contribution is 5.86. The summed E-state index contributed by atoms with van der Waals surface area (Å²) in [5.74, 6) is -1.80. The molecule has 0 radical (unpaired) electrons. The lowest BCUT2D eigenvalue weighted by molar-refractivity contribution is -0.141. The molecule has 2 amide bonds. The summed E-state index contributed by atoms with van der Waals surface area (Å²) < 4.78 is 5.47. The monoisotopic (exact) mass is 408 g/mol. The summed E-state index contributed by atoms with van der Waals surface area (Å²) in [4.78, 5) is 37.4. The predicted molar refractivity (Wildman–Crippen MR) is 110 cm³/mol. The number of aliphatic carboxylic acids is 1. The van der Waals surface area contributed by atoms with Gasteiger partial charge in [-0.3, -0.25) is 9.59 Å². The molecule has 1 saturated heterocycles. The van der Waals surface area contributed by atoms with Crippen molar-refractivity contribution < 1.29 is 24.2 Å². The van der Waals surface area contributed by atoms with Crippen LogP contribution in [0.15, 0.2) is 48.5 Å². The molecule has 2 aromatic carbocycles. The van der Waals surface area contributed by atoms with Crippen LogP contribution in [0.1, 0.15) is 30.4 Å². The molecule has 30 heavy (non-hydrogen) atoms. The van der Waals surface area contributed by atoms with Crippen LogP contribution in [-0.4, -0.2) is 53.7 Å². The number of carbonyl (C=O) groups excluding carboxylic acids is 2. The van der Waals surface area contributed by atoms with E-state index in [2.05, 4.69) is 17.4 Å². The van der Waals surface area contributed by atoms with Gasteiger partial charge in [-0.1, -0.05) is 48.5 Å². The highest BCUT2D eigenvalue weighted by Gasteiger charge is 2.34. The Hall–Kier alpha value is -3.35. The van der Waals surface area contributed by atoms with Gasteiger partial charge in [-0.15, -0.1) is 0 Å². The van der Waals surface area contributed by atoms with Gasteiger partial charge in [0.1, 0.15) is 12.6 Å². The number of likely N-dealkylation sites (tertiary alicyclic amines) is 1. The molecular weight excluding hydrogens is 384 g/mol. The van der Waals surface area contributed by atoms with E-state index in [1.165, 1.54) is 4.90 Å². The summed E-state index contributed by atoms with van der Waals surface area (Å²) in [6.45, 7) is 2.31. The summed E-state index contributed by atoms with van der Waals surface area (Å²) in [5, 5.41) is 11.7. The third kappa shape index (κ3) is 3.75. The molecule has 1 fully saturated rings. The van der Waals surface area contributed by atoms with E-state index in [0.717, 1.165) is 22.3 Å². The first kappa shape index (κ1) is 19.9. The Labute approximate surface area is 174 Å². The minimum atomic E-state index is -0.901. The summed E-state index contributed by atoms with van der Waals surface area (Å²) in [7, 11) is 0. The van der Waals surface area contributed by atoms with Crippen LogP contribution in [0.5, 0.6) is 0 Å². The van der Waals surface area contributed by atoms with Crippen molar-refractivity contribution in [3.05, 3.63) is 59.7 Å².